The van der Waals surface area contributed by atoms with Gasteiger partial charge in [-0.15, -0.1) is 0 Å². The Kier molecular flexibility index (Phi) is 30.2. The molecule has 0 fully saturated rings. The third kappa shape index (κ3) is 23.6. The van der Waals surface area contributed by atoms with Gasteiger partial charge in [-0.2, -0.15) is 13.0 Å². The largest absolute Gasteiger partial charge is 0.379 e. The molecule has 0 spiro atoms. The highest BCUT2D eigenvalue weighted by molar-refractivity contribution is 7.85. The summed E-state index contributed by atoms with van der Waals surface area (Å²) in [7, 11) is -0.271. The first-order valence-corrected chi connectivity index (χ1v) is 31.1. The van der Waals surface area contributed by atoms with Crippen LogP contribution in [0.5, 0.6) is 0 Å². The SMILES string of the molecule is CC(=O)[C@@H](C)N(C)CCCCCCNC(N)=NCCCCCCCC(=O)CCOCCOCCOCCOCCNC(=O)CCCCCN1C(=CC=CC=CC2=[N+](C)c3ccc(C)cc3C2(C)C)C(C)(C)c2cc(S(=O)(=O)O)ccc21. The Morgan fingerprint density at radius 2 is 1.37 bits per heavy atom. The Morgan fingerprint density at radius 1 is 0.741 bits per heavy atom. The number of nitrogens with two attached hydrogens (primary N) is 1. The van der Waals surface area contributed by atoms with Crippen molar-refractivity contribution in [3.63, 3.8) is 0 Å². The second-order valence-electron chi connectivity index (χ2n) is 22.6. The van der Waals surface area contributed by atoms with Gasteiger partial charge in [0.2, 0.25) is 11.6 Å². The lowest BCUT2D eigenvalue weighted by Gasteiger charge is -2.27. The summed E-state index contributed by atoms with van der Waals surface area (Å²) in [6.07, 6.45) is 23.5. The average molecular weight is 1150 g/mol. The van der Waals surface area contributed by atoms with E-state index in [0.717, 1.165) is 107 Å². The zero-order chi connectivity index (χ0) is 59.3. The van der Waals surface area contributed by atoms with E-state index in [1.807, 2.05) is 26.1 Å². The van der Waals surface area contributed by atoms with Gasteiger partial charge in [-0.05, 0) is 123 Å². The van der Waals surface area contributed by atoms with Crippen LogP contribution in [-0.4, -0.2) is 157 Å². The van der Waals surface area contributed by atoms with Gasteiger partial charge < -0.3 is 40.2 Å². The van der Waals surface area contributed by atoms with Gasteiger partial charge >= 0.3 is 0 Å². The Balaban J connectivity index is 0.964. The lowest BCUT2D eigenvalue weighted by molar-refractivity contribution is -0.401. The summed E-state index contributed by atoms with van der Waals surface area (Å²) in [5.74, 6) is 0.913. The summed E-state index contributed by atoms with van der Waals surface area (Å²) in [4.78, 5) is 45.0. The molecular formula is C63H100N7O10S+. The molecule has 2 aromatic rings. The number of nitrogens with zero attached hydrogens (tertiary/aromatic N) is 4. The zero-order valence-corrected chi connectivity index (χ0v) is 51.4. The quantitative estimate of drug-likeness (QED) is 0.0122. The summed E-state index contributed by atoms with van der Waals surface area (Å²) in [6.45, 7) is 21.2. The van der Waals surface area contributed by atoms with Crippen LogP contribution in [0, 0.1) is 6.92 Å². The predicted molar refractivity (Wildman–Crippen MR) is 326 cm³/mol. The van der Waals surface area contributed by atoms with Crippen molar-refractivity contribution in [3.8, 4) is 0 Å². The standard InChI is InChI=1S/C63H99N7O10S/c1-49-29-31-56-54(47-49)62(4,5)58(69(56)9)26-18-15-19-27-59-63(6,7)55-48-53(81(74,75)76)30-32-57(55)70(59)38-24-16-20-28-60(73)65-36-40-78-42-44-80-46-45-79-43-41-77-39-33-52(72)25-17-11-10-12-21-34-66-61(64)67-35-22-13-14-23-37-68(8)50(2)51(3)71/h15,18-19,26-27,29-32,47-48,50H,10-14,16-17,20-25,28,33-46H2,1-9H3,(H4-,64,65,66,67,73,74,75,76)/p+1/t50-/m1/s1. The van der Waals surface area contributed by atoms with Crippen molar-refractivity contribution in [2.24, 2.45) is 10.7 Å². The Bertz CT molecular complexity index is 2570. The number of ether oxygens (including phenoxy) is 4. The number of rotatable bonds is 42. The third-order valence-corrected chi connectivity index (χ3v) is 16.3. The number of nitrogens with one attached hydrogen (secondary N) is 2. The lowest BCUT2D eigenvalue weighted by Crippen LogP contribution is -2.35. The molecule has 0 unspecified atom stereocenters. The van der Waals surface area contributed by atoms with Crippen molar-refractivity contribution >= 4 is 50.6 Å². The number of hydrogen-bond donors (Lipinski definition) is 4. The van der Waals surface area contributed by atoms with Crippen molar-refractivity contribution in [2.75, 3.05) is 105 Å². The smallest absolute Gasteiger partial charge is 0.294 e. The highest BCUT2D eigenvalue weighted by atomic mass is 32.2. The summed E-state index contributed by atoms with van der Waals surface area (Å²) < 4.78 is 58.8. The molecule has 2 aliphatic heterocycles. The van der Waals surface area contributed by atoms with Gasteiger partial charge in [0.1, 0.15) is 18.6 Å². The summed E-state index contributed by atoms with van der Waals surface area (Å²) in [6, 6.07) is 11.4. The van der Waals surface area contributed by atoms with E-state index in [0.29, 0.717) is 97.7 Å². The van der Waals surface area contributed by atoms with Crippen LogP contribution >= 0.6 is 0 Å². The maximum Gasteiger partial charge on any atom is 0.294 e. The molecule has 0 saturated carbocycles. The molecule has 1 amide bonds. The first kappa shape index (κ1) is 68.4. The number of anilines is 1. The van der Waals surface area contributed by atoms with E-state index in [4.69, 9.17) is 24.7 Å². The summed E-state index contributed by atoms with van der Waals surface area (Å²) in [5.41, 5.74) is 13.1. The molecule has 1 atom stereocenters. The molecule has 81 heavy (non-hydrogen) atoms. The molecule has 2 aromatic carbocycles. The zero-order valence-electron chi connectivity index (χ0n) is 50.6. The van der Waals surface area contributed by atoms with Gasteiger partial charge in [-0.25, -0.2) is 0 Å². The number of hydrogen-bond acceptors (Lipinski definition) is 12. The molecule has 0 aromatic heterocycles. The minimum absolute atomic E-state index is 0.0173. The second-order valence-corrected chi connectivity index (χ2v) is 24.0. The normalized spacial score (nSPS) is 15.9. The maximum absolute atomic E-state index is 12.6. The monoisotopic (exact) mass is 1150 g/mol. The third-order valence-electron chi connectivity index (χ3n) is 15.5. The Hall–Kier alpha value is -5.08. The van der Waals surface area contributed by atoms with E-state index in [-0.39, 0.29) is 33.8 Å². The fourth-order valence-electron chi connectivity index (χ4n) is 10.3. The predicted octanol–water partition coefficient (Wildman–Crippen LogP) is 9.46. The molecule has 4 rings (SSSR count). The number of fused-ring (bicyclic) bond motifs is 2. The second kappa shape index (κ2) is 35.8. The molecule has 0 bridgehead atoms. The number of guanidine groups is 1. The molecule has 452 valence electrons. The number of aliphatic imine (C=N–C) groups is 1. The van der Waals surface area contributed by atoms with E-state index in [9.17, 15) is 27.4 Å². The topological polar surface area (TPSA) is 214 Å². The summed E-state index contributed by atoms with van der Waals surface area (Å²) in [5, 5.41) is 6.13. The number of allylic oxidation sites excluding steroid dienone is 6. The first-order chi connectivity index (χ1) is 38.7. The molecule has 5 N–H and O–H groups in total. The van der Waals surface area contributed by atoms with Crippen LogP contribution in [0.2, 0.25) is 0 Å². The minimum Gasteiger partial charge on any atom is -0.379 e. The average Bonchev–Trinajstić information content (AvgIpc) is 3.99. The molecule has 0 saturated heterocycles. The molecule has 2 aliphatic rings. The van der Waals surface area contributed by atoms with Gasteiger partial charge in [0.25, 0.3) is 10.1 Å². The fraction of sp³-hybridized carbons (Fsp3) is 0.635. The molecule has 17 nitrogen and oxygen atoms in total. The number of benzene rings is 2. The van der Waals surface area contributed by atoms with Crippen LogP contribution in [0.25, 0.3) is 0 Å². The van der Waals surface area contributed by atoms with Crippen molar-refractivity contribution in [3.05, 3.63) is 89.2 Å². The highest BCUT2D eigenvalue weighted by Gasteiger charge is 2.43. The molecular weight excluding hydrogens is 1050 g/mol. The Labute approximate surface area is 486 Å². The number of Topliss-reactive ketones (excluding diaryl/α,β-unsaturated/α-hetero) is 2. The van der Waals surface area contributed by atoms with E-state index in [1.165, 1.54) is 28.6 Å². The number of ketones is 2. The van der Waals surface area contributed by atoms with E-state index < -0.39 is 15.5 Å². The Morgan fingerprint density at radius 3 is 2.07 bits per heavy atom. The number of aryl methyl sites for hydroxylation is 1. The number of carbonyl (C=O) groups is 3. The van der Waals surface area contributed by atoms with Gasteiger partial charge in [-0.1, -0.05) is 82.2 Å². The van der Waals surface area contributed by atoms with Crippen LogP contribution in [-0.2, 0) is 54.3 Å². The number of unbranched alkanes of at least 4 members (excludes halogenated alkanes) is 9. The molecule has 0 aliphatic carbocycles. The minimum atomic E-state index is -4.38. The molecule has 2 heterocycles. The number of amides is 1. The van der Waals surface area contributed by atoms with E-state index >= 15 is 0 Å². The van der Waals surface area contributed by atoms with Crippen LogP contribution in [0.4, 0.5) is 11.4 Å². The maximum atomic E-state index is 12.6. The molecule has 18 heteroatoms. The van der Waals surface area contributed by atoms with Crippen LogP contribution in [0.1, 0.15) is 155 Å². The van der Waals surface area contributed by atoms with Crippen LogP contribution in [0.3, 0.4) is 0 Å². The first-order valence-electron chi connectivity index (χ1n) is 29.7. The van der Waals surface area contributed by atoms with Gasteiger partial charge in [0.05, 0.1) is 69.2 Å². The highest BCUT2D eigenvalue weighted by Crippen LogP contribution is 2.48. The van der Waals surface area contributed by atoms with Crippen molar-refractivity contribution in [2.45, 2.75) is 167 Å². The number of likely N-dealkylation sites (N-methyl/N-ethyl adjacent to an activating group) is 1. The summed E-state index contributed by atoms with van der Waals surface area (Å²) >= 11 is 0. The van der Waals surface area contributed by atoms with Crippen LogP contribution < -0.4 is 21.3 Å². The van der Waals surface area contributed by atoms with Gasteiger partial charge in [-0.3, -0.25) is 28.8 Å². The lowest BCUT2D eigenvalue weighted by atomic mass is 9.81. The number of carbonyl (C=O) groups excluding carboxylic acids is 3. The van der Waals surface area contributed by atoms with Crippen molar-refractivity contribution < 1.29 is 50.9 Å². The molecule has 0 radical (unpaired) electrons. The fourth-order valence-corrected chi connectivity index (χ4v) is 10.8. The van der Waals surface area contributed by atoms with E-state index in [1.54, 1.807) is 19.1 Å². The van der Waals surface area contributed by atoms with Gasteiger partial charge in [0.15, 0.2) is 11.7 Å². The van der Waals surface area contributed by atoms with E-state index in [2.05, 4.69) is 108 Å². The van der Waals surface area contributed by atoms with Crippen molar-refractivity contribution in [1.29, 1.82) is 0 Å². The van der Waals surface area contributed by atoms with Crippen LogP contribution in [0.15, 0.2) is 82.4 Å². The van der Waals surface area contributed by atoms with Gasteiger partial charge in [0, 0.05) is 79.9 Å². The van der Waals surface area contributed by atoms with Crippen molar-refractivity contribution in [1.82, 2.24) is 15.5 Å².